The molecule has 0 amide bonds. The van der Waals surface area contributed by atoms with Crippen LogP contribution in [0, 0.1) is 0 Å². The molecule has 2 rings (SSSR count). The van der Waals surface area contributed by atoms with Gasteiger partial charge in [-0.3, -0.25) is 0 Å². The molecule has 0 spiro atoms. The van der Waals surface area contributed by atoms with Crippen LogP contribution in [0.3, 0.4) is 0 Å². The molecule has 20 heavy (non-hydrogen) atoms. The van der Waals surface area contributed by atoms with Crippen molar-refractivity contribution in [2.45, 2.75) is 19.6 Å². The van der Waals surface area contributed by atoms with Crippen molar-refractivity contribution in [3.05, 3.63) is 62.6 Å². The first-order valence-corrected chi connectivity index (χ1v) is 7.15. The number of aliphatic hydroxyl groups is 1. The molecule has 2 aromatic rings. The summed E-state index contributed by atoms with van der Waals surface area (Å²) in [6, 6.07) is 10.4. The monoisotopic (exact) mass is 330 g/mol. The molecule has 0 unspecified atom stereocenters. The van der Waals surface area contributed by atoms with Gasteiger partial charge in [-0.25, -0.2) is 0 Å². The number of aliphatic hydroxyl groups excluding tert-OH is 1. The molecule has 0 aliphatic carbocycles. The number of hydrogen-bond donors (Lipinski definition) is 1. The van der Waals surface area contributed by atoms with E-state index in [1.807, 2.05) is 0 Å². The first-order chi connectivity index (χ1) is 9.47. The van der Waals surface area contributed by atoms with Gasteiger partial charge in [0.05, 0.1) is 11.1 Å². The van der Waals surface area contributed by atoms with Gasteiger partial charge in [0.1, 0.15) is 12.4 Å². The molecule has 0 saturated heterocycles. The van der Waals surface area contributed by atoms with E-state index in [2.05, 4.69) is 0 Å². The summed E-state index contributed by atoms with van der Waals surface area (Å²) in [5, 5.41) is 11.1. The fourth-order valence-electron chi connectivity index (χ4n) is 1.70. The van der Waals surface area contributed by atoms with Crippen LogP contribution in [0.5, 0.6) is 5.75 Å². The predicted molar refractivity (Wildman–Crippen MR) is 82.9 cm³/mol. The standard InChI is InChI=1S/C15H13Cl3O2/c1-9(19)10-2-5-15(14(18)7-10)20-8-11-6-12(16)3-4-13(11)17/h2-7,9,19H,8H2,1H3/t9-/m1/s1. The maximum Gasteiger partial charge on any atom is 0.138 e. The van der Waals surface area contributed by atoms with Gasteiger partial charge in [0.25, 0.3) is 0 Å². The lowest BCUT2D eigenvalue weighted by atomic mass is 10.1. The van der Waals surface area contributed by atoms with Crippen molar-refractivity contribution in [1.29, 1.82) is 0 Å². The SMILES string of the molecule is C[C@@H](O)c1ccc(OCc2cc(Cl)ccc2Cl)c(Cl)c1. The minimum atomic E-state index is -0.566. The Morgan fingerprint density at radius 2 is 1.80 bits per heavy atom. The van der Waals surface area contributed by atoms with Crippen molar-refractivity contribution in [2.75, 3.05) is 0 Å². The summed E-state index contributed by atoms with van der Waals surface area (Å²) in [4.78, 5) is 0. The zero-order valence-corrected chi connectivity index (χ0v) is 13.0. The second-order valence-electron chi connectivity index (χ2n) is 4.39. The zero-order valence-electron chi connectivity index (χ0n) is 10.7. The van der Waals surface area contributed by atoms with E-state index in [4.69, 9.17) is 39.5 Å². The van der Waals surface area contributed by atoms with E-state index in [9.17, 15) is 5.11 Å². The smallest absolute Gasteiger partial charge is 0.138 e. The van der Waals surface area contributed by atoms with E-state index >= 15 is 0 Å². The normalized spacial score (nSPS) is 12.2. The summed E-state index contributed by atoms with van der Waals surface area (Å²) < 4.78 is 5.64. The first-order valence-electron chi connectivity index (χ1n) is 6.01. The molecule has 2 nitrogen and oxygen atoms in total. The molecule has 0 radical (unpaired) electrons. The molecule has 2 aromatic carbocycles. The Labute approximate surface area is 132 Å². The lowest BCUT2D eigenvalue weighted by molar-refractivity contribution is 0.199. The van der Waals surface area contributed by atoms with Crippen LogP contribution in [-0.4, -0.2) is 5.11 Å². The van der Waals surface area contributed by atoms with E-state index < -0.39 is 6.10 Å². The van der Waals surface area contributed by atoms with Crippen LogP contribution < -0.4 is 4.74 Å². The van der Waals surface area contributed by atoms with Crippen molar-refractivity contribution in [2.24, 2.45) is 0 Å². The third kappa shape index (κ3) is 3.80. The van der Waals surface area contributed by atoms with Gasteiger partial charge in [-0.15, -0.1) is 0 Å². The van der Waals surface area contributed by atoms with Crippen molar-refractivity contribution in [3.63, 3.8) is 0 Å². The molecular formula is C15H13Cl3O2. The third-order valence-corrected chi connectivity index (χ3v) is 3.73. The van der Waals surface area contributed by atoms with Gasteiger partial charge in [-0.2, -0.15) is 0 Å². The fourth-order valence-corrected chi connectivity index (χ4v) is 2.31. The quantitative estimate of drug-likeness (QED) is 0.826. The Hall–Kier alpha value is -0.930. The van der Waals surface area contributed by atoms with Gasteiger partial charge < -0.3 is 9.84 Å². The Kier molecular flexibility index (Phi) is 5.17. The molecule has 0 bridgehead atoms. The van der Waals surface area contributed by atoms with Crippen LogP contribution in [0.1, 0.15) is 24.2 Å². The molecule has 1 N–H and O–H groups in total. The molecule has 0 saturated carbocycles. The number of benzene rings is 2. The van der Waals surface area contributed by atoms with Crippen LogP contribution in [0.15, 0.2) is 36.4 Å². The Morgan fingerprint density at radius 1 is 1.05 bits per heavy atom. The van der Waals surface area contributed by atoms with Gasteiger partial charge in [0.15, 0.2) is 0 Å². The molecular weight excluding hydrogens is 319 g/mol. The molecule has 5 heteroatoms. The average Bonchev–Trinajstić information content (AvgIpc) is 2.40. The summed E-state index contributed by atoms with van der Waals surface area (Å²) in [5.74, 6) is 0.534. The molecule has 0 aromatic heterocycles. The number of halogens is 3. The summed E-state index contributed by atoms with van der Waals surface area (Å²) in [5.41, 5.74) is 1.53. The highest BCUT2D eigenvalue weighted by Crippen LogP contribution is 2.29. The van der Waals surface area contributed by atoms with Crippen molar-refractivity contribution < 1.29 is 9.84 Å². The third-order valence-electron chi connectivity index (χ3n) is 2.83. The van der Waals surface area contributed by atoms with Gasteiger partial charge in [-0.05, 0) is 42.8 Å². The molecule has 0 aliphatic rings. The summed E-state index contributed by atoms with van der Waals surface area (Å²) in [7, 11) is 0. The molecule has 106 valence electrons. The largest absolute Gasteiger partial charge is 0.487 e. The Morgan fingerprint density at radius 3 is 2.45 bits per heavy atom. The van der Waals surface area contributed by atoms with E-state index in [1.165, 1.54) is 0 Å². The maximum atomic E-state index is 9.48. The van der Waals surface area contributed by atoms with Crippen LogP contribution >= 0.6 is 34.8 Å². The lowest BCUT2D eigenvalue weighted by Gasteiger charge is -2.12. The number of ether oxygens (including phenoxy) is 1. The lowest BCUT2D eigenvalue weighted by Crippen LogP contribution is -1.98. The fraction of sp³-hybridized carbons (Fsp3) is 0.200. The van der Waals surface area contributed by atoms with Crippen molar-refractivity contribution in [3.8, 4) is 5.75 Å². The van der Waals surface area contributed by atoms with E-state index in [1.54, 1.807) is 43.3 Å². The van der Waals surface area contributed by atoms with E-state index in [-0.39, 0.29) is 6.61 Å². The second kappa shape index (κ2) is 6.68. The topological polar surface area (TPSA) is 29.5 Å². The van der Waals surface area contributed by atoms with Crippen molar-refractivity contribution in [1.82, 2.24) is 0 Å². The van der Waals surface area contributed by atoms with Crippen LogP contribution in [0.4, 0.5) is 0 Å². The van der Waals surface area contributed by atoms with Crippen LogP contribution in [-0.2, 0) is 6.61 Å². The van der Waals surface area contributed by atoms with Crippen LogP contribution in [0.2, 0.25) is 15.1 Å². The summed E-state index contributed by atoms with van der Waals surface area (Å²) in [6.45, 7) is 1.95. The number of hydrogen-bond acceptors (Lipinski definition) is 2. The highest BCUT2D eigenvalue weighted by molar-refractivity contribution is 6.33. The highest BCUT2D eigenvalue weighted by atomic mass is 35.5. The van der Waals surface area contributed by atoms with Gasteiger partial charge in [0.2, 0.25) is 0 Å². The van der Waals surface area contributed by atoms with E-state index in [0.717, 1.165) is 11.1 Å². The summed E-state index contributed by atoms with van der Waals surface area (Å²) in [6.07, 6.45) is -0.566. The first kappa shape index (κ1) is 15.5. The molecule has 0 heterocycles. The van der Waals surface area contributed by atoms with Gasteiger partial charge in [0, 0.05) is 15.6 Å². The average molecular weight is 332 g/mol. The number of rotatable bonds is 4. The summed E-state index contributed by atoms with van der Waals surface area (Å²) >= 11 is 18.1. The zero-order chi connectivity index (χ0) is 14.7. The van der Waals surface area contributed by atoms with Crippen molar-refractivity contribution >= 4 is 34.8 Å². The van der Waals surface area contributed by atoms with E-state index in [0.29, 0.717) is 20.8 Å². The van der Waals surface area contributed by atoms with Gasteiger partial charge >= 0.3 is 0 Å². The molecule has 1 atom stereocenters. The van der Waals surface area contributed by atoms with Crippen LogP contribution in [0.25, 0.3) is 0 Å². The van der Waals surface area contributed by atoms with Gasteiger partial charge in [-0.1, -0.05) is 40.9 Å². The Balaban J connectivity index is 2.13. The minimum Gasteiger partial charge on any atom is -0.487 e. The highest BCUT2D eigenvalue weighted by Gasteiger charge is 2.08. The second-order valence-corrected chi connectivity index (χ2v) is 5.64. The predicted octanol–water partition coefficient (Wildman–Crippen LogP) is 5.28. The molecule has 0 fully saturated rings. The Bertz CT molecular complexity index is 612. The maximum absolute atomic E-state index is 9.48. The minimum absolute atomic E-state index is 0.271. The molecule has 0 aliphatic heterocycles.